The SMILES string of the molecule is COCCCOc1cc(C[C@@H](C[C@H](N)[C@@H](O)C[C@H](C(=O)NCC(C)(C)C(N)=O)C(C)C)C(C)C)ccc1OC.O=S(=O)(O)c1ccccc1. The lowest BCUT2D eigenvalue weighted by Gasteiger charge is -2.30. The third-order valence-corrected chi connectivity index (χ3v) is 9.41. The zero-order chi connectivity index (χ0) is 37.4. The first kappa shape index (κ1) is 43.8. The number of ether oxygens (including phenoxy) is 3. The Morgan fingerprint density at radius 1 is 0.939 bits per heavy atom. The number of benzene rings is 2. The van der Waals surface area contributed by atoms with Crippen molar-refractivity contribution in [2.75, 3.05) is 34.0 Å². The lowest BCUT2D eigenvalue weighted by atomic mass is 9.80. The second-order valence-corrected chi connectivity index (χ2v) is 15.1. The van der Waals surface area contributed by atoms with E-state index in [2.05, 4.69) is 19.2 Å². The van der Waals surface area contributed by atoms with E-state index < -0.39 is 39.5 Å². The molecule has 2 amide bonds. The molecule has 0 fully saturated rings. The van der Waals surface area contributed by atoms with Crippen molar-refractivity contribution in [2.45, 2.75) is 84.3 Å². The van der Waals surface area contributed by atoms with E-state index in [0.29, 0.717) is 37.1 Å². The predicted octanol–water partition coefficient (Wildman–Crippen LogP) is 4.23. The van der Waals surface area contributed by atoms with Gasteiger partial charge in [-0.15, -0.1) is 0 Å². The van der Waals surface area contributed by atoms with Crippen LogP contribution in [0.3, 0.4) is 0 Å². The molecule has 0 spiro atoms. The Morgan fingerprint density at radius 3 is 2.06 bits per heavy atom. The Morgan fingerprint density at radius 2 is 1.57 bits per heavy atom. The number of methoxy groups -OCH3 is 2. The van der Waals surface area contributed by atoms with Gasteiger partial charge in [0.15, 0.2) is 11.5 Å². The lowest BCUT2D eigenvalue weighted by Crippen LogP contribution is -2.46. The molecule has 7 N–H and O–H groups in total. The molecule has 12 nitrogen and oxygen atoms in total. The number of amides is 2. The van der Waals surface area contributed by atoms with Crippen LogP contribution in [0.25, 0.3) is 0 Å². The molecule has 0 aliphatic carbocycles. The minimum Gasteiger partial charge on any atom is -0.493 e. The first-order valence-electron chi connectivity index (χ1n) is 16.7. The summed E-state index contributed by atoms with van der Waals surface area (Å²) in [7, 11) is -0.714. The molecule has 0 aromatic heterocycles. The van der Waals surface area contributed by atoms with Gasteiger partial charge < -0.3 is 36.1 Å². The summed E-state index contributed by atoms with van der Waals surface area (Å²) in [6, 6.07) is 12.9. The molecule has 0 radical (unpaired) electrons. The fourth-order valence-corrected chi connectivity index (χ4v) is 5.48. The third-order valence-electron chi connectivity index (χ3n) is 8.54. The fraction of sp³-hybridized carbons (Fsp3) is 0.611. The third kappa shape index (κ3) is 15.9. The van der Waals surface area contributed by atoms with Gasteiger partial charge in [0.05, 0.1) is 30.1 Å². The highest BCUT2D eigenvalue weighted by molar-refractivity contribution is 7.85. The van der Waals surface area contributed by atoms with Crippen LogP contribution in [0, 0.1) is 29.1 Å². The van der Waals surface area contributed by atoms with E-state index in [4.69, 9.17) is 30.2 Å². The highest BCUT2D eigenvalue weighted by atomic mass is 32.2. The minimum absolute atomic E-state index is 0.00829. The first-order chi connectivity index (χ1) is 22.8. The largest absolute Gasteiger partial charge is 0.493 e. The molecule has 0 aliphatic heterocycles. The van der Waals surface area contributed by atoms with Gasteiger partial charge >= 0.3 is 0 Å². The van der Waals surface area contributed by atoms with Crippen molar-refractivity contribution >= 4 is 21.9 Å². The van der Waals surface area contributed by atoms with Gasteiger partial charge in [-0.25, -0.2) is 0 Å². The van der Waals surface area contributed by atoms with Crippen molar-refractivity contribution in [1.82, 2.24) is 5.32 Å². The number of aliphatic hydroxyl groups excluding tert-OH is 1. The Hall–Kier alpha value is -3.23. The topological polar surface area (TPSA) is 200 Å². The highest BCUT2D eigenvalue weighted by Crippen LogP contribution is 2.32. The molecule has 13 heteroatoms. The van der Waals surface area contributed by atoms with E-state index >= 15 is 0 Å². The average molecular weight is 710 g/mol. The summed E-state index contributed by atoms with van der Waals surface area (Å²) >= 11 is 0. The molecule has 2 aromatic carbocycles. The fourth-order valence-electron chi connectivity index (χ4n) is 4.98. The first-order valence-corrected chi connectivity index (χ1v) is 18.1. The molecule has 49 heavy (non-hydrogen) atoms. The predicted molar refractivity (Wildman–Crippen MR) is 191 cm³/mol. The molecule has 0 heterocycles. The van der Waals surface area contributed by atoms with Gasteiger partial charge in [0.25, 0.3) is 10.1 Å². The molecular weight excluding hydrogens is 650 g/mol. The van der Waals surface area contributed by atoms with Crippen LogP contribution >= 0.6 is 0 Å². The number of rotatable bonds is 20. The van der Waals surface area contributed by atoms with Crippen LogP contribution < -0.4 is 26.3 Å². The van der Waals surface area contributed by atoms with Crippen LogP contribution in [0.2, 0.25) is 0 Å². The van der Waals surface area contributed by atoms with E-state index in [9.17, 15) is 23.1 Å². The number of nitrogens with one attached hydrogen (secondary N) is 1. The average Bonchev–Trinajstić information content (AvgIpc) is 3.04. The number of nitrogens with two attached hydrogens (primary N) is 2. The zero-order valence-electron chi connectivity index (χ0n) is 30.3. The van der Waals surface area contributed by atoms with Gasteiger partial charge in [-0.3, -0.25) is 14.1 Å². The van der Waals surface area contributed by atoms with Gasteiger partial charge in [-0.1, -0.05) is 52.0 Å². The number of aliphatic hydroxyl groups is 1. The minimum atomic E-state index is -4.00. The summed E-state index contributed by atoms with van der Waals surface area (Å²) in [4.78, 5) is 24.5. The second-order valence-electron chi connectivity index (χ2n) is 13.7. The number of carbonyl (C=O) groups is 2. The van der Waals surface area contributed by atoms with E-state index in [-0.39, 0.29) is 35.6 Å². The summed E-state index contributed by atoms with van der Waals surface area (Å²) in [6.07, 6.45) is 1.56. The second kappa shape index (κ2) is 21.1. The van der Waals surface area contributed by atoms with Crippen LogP contribution in [-0.2, 0) is 30.9 Å². The molecule has 0 saturated heterocycles. The quantitative estimate of drug-likeness (QED) is 0.0979. The normalized spacial score (nSPS) is 14.3. The van der Waals surface area contributed by atoms with Crippen LogP contribution in [0.1, 0.15) is 66.4 Å². The summed E-state index contributed by atoms with van der Waals surface area (Å²) in [5.41, 5.74) is 12.2. The van der Waals surface area contributed by atoms with Crippen molar-refractivity contribution in [3.05, 3.63) is 54.1 Å². The van der Waals surface area contributed by atoms with Gasteiger partial charge in [0.1, 0.15) is 0 Å². The summed E-state index contributed by atoms with van der Waals surface area (Å²) in [5.74, 6) is 0.792. The number of hydrogen-bond donors (Lipinski definition) is 5. The molecule has 0 bridgehead atoms. The van der Waals surface area contributed by atoms with Gasteiger partial charge in [-0.2, -0.15) is 8.42 Å². The van der Waals surface area contributed by atoms with Crippen molar-refractivity contribution in [1.29, 1.82) is 0 Å². The van der Waals surface area contributed by atoms with E-state index in [1.165, 1.54) is 12.1 Å². The number of hydrogen-bond acceptors (Lipinski definition) is 9. The smallest absolute Gasteiger partial charge is 0.294 e. The molecule has 278 valence electrons. The molecule has 0 saturated carbocycles. The van der Waals surface area contributed by atoms with Crippen molar-refractivity contribution in [3.63, 3.8) is 0 Å². The van der Waals surface area contributed by atoms with Crippen molar-refractivity contribution in [3.8, 4) is 11.5 Å². The standard InChI is InChI=1S/C30H53N3O6.C6H6O3S/c1-19(2)22(14-21-10-11-26(38-8)27(15-21)39-13-9-12-37-7)16-24(31)25(34)17-23(20(3)4)28(35)33-18-30(5,6)29(32)36;7-10(8,9)6-4-2-1-3-5-6/h10-11,15,19-20,22-25,34H,9,12-14,16-18,31H2,1-8H3,(H2,32,36)(H,33,35);1-5H,(H,7,8,9)/t22-,23-,24-,25-;/m0./s1. The van der Waals surface area contributed by atoms with Crippen molar-refractivity contribution in [2.24, 2.45) is 40.6 Å². The number of carbonyl (C=O) groups excluding carboxylic acids is 2. The molecule has 0 unspecified atom stereocenters. The van der Waals surface area contributed by atoms with E-state index in [1.807, 2.05) is 32.0 Å². The van der Waals surface area contributed by atoms with E-state index in [1.54, 1.807) is 46.3 Å². The van der Waals surface area contributed by atoms with Gasteiger partial charge in [0, 0.05) is 38.6 Å². The van der Waals surface area contributed by atoms with Crippen LogP contribution in [0.5, 0.6) is 11.5 Å². The van der Waals surface area contributed by atoms with Gasteiger partial charge in [-0.05, 0) is 80.7 Å². The Labute approximate surface area is 293 Å². The maximum Gasteiger partial charge on any atom is 0.294 e. The van der Waals surface area contributed by atoms with Crippen LogP contribution in [0.15, 0.2) is 53.4 Å². The lowest BCUT2D eigenvalue weighted by molar-refractivity contribution is -0.130. The summed E-state index contributed by atoms with van der Waals surface area (Å²) in [6.45, 7) is 12.9. The Kier molecular flexibility index (Phi) is 18.8. The Balaban J connectivity index is 0.00000102. The maximum atomic E-state index is 12.9. The Bertz CT molecular complexity index is 1390. The molecule has 2 aromatic rings. The molecule has 2 rings (SSSR count). The summed E-state index contributed by atoms with van der Waals surface area (Å²) in [5, 5.41) is 13.9. The molecule has 4 atom stereocenters. The maximum absolute atomic E-state index is 12.9. The molecular formula is C36H59N3O9S. The molecule has 0 aliphatic rings. The van der Waals surface area contributed by atoms with E-state index in [0.717, 1.165) is 18.4 Å². The monoisotopic (exact) mass is 709 g/mol. The zero-order valence-corrected chi connectivity index (χ0v) is 31.2. The van der Waals surface area contributed by atoms with Crippen LogP contribution in [-0.4, -0.2) is 76.0 Å². The van der Waals surface area contributed by atoms with Crippen LogP contribution in [0.4, 0.5) is 0 Å². The summed E-state index contributed by atoms with van der Waals surface area (Å²) < 4.78 is 45.7. The van der Waals surface area contributed by atoms with Gasteiger partial charge in [0.2, 0.25) is 11.8 Å². The highest BCUT2D eigenvalue weighted by Gasteiger charge is 2.32. The van der Waals surface area contributed by atoms with Crippen molar-refractivity contribution < 1.29 is 41.9 Å². The number of primary amides is 1.